The molecular formula is C20H23N7O. The number of rotatable bonds is 6. The van der Waals surface area contributed by atoms with Gasteiger partial charge in [0.2, 0.25) is 17.8 Å². The summed E-state index contributed by atoms with van der Waals surface area (Å²) in [6, 6.07) is 17.5. The molecule has 2 aromatic carbocycles. The monoisotopic (exact) mass is 377 g/mol. The molecule has 1 aromatic heterocycles. The van der Waals surface area contributed by atoms with Gasteiger partial charge in [-0.2, -0.15) is 15.0 Å². The molecule has 28 heavy (non-hydrogen) atoms. The Morgan fingerprint density at radius 1 is 0.821 bits per heavy atom. The fourth-order valence-corrected chi connectivity index (χ4v) is 2.94. The van der Waals surface area contributed by atoms with E-state index in [0.29, 0.717) is 17.8 Å². The third kappa shape index (κ3) is 4.47. The maximum Gasteiger partial charge on any atom is 0.233 e. The van der Waals surface area contributed by atoms with Crippen LogP contribution in [0.15, 0.2) is 54.6 Å². The molecule has 1 fully saturated rings. The summed E-state index contributed by atoms with van der Waals surface area (Å²) in [6.45, 7) is 3.54. The zero-order valence-electron chi connectivity index (χ0n) is 15.7. The van der Waals surface area contributed by atoms with Crippen LogP contribution < -0.4 is 25.6 Å². The Morgan fingerprint density at radius 3 is 2.04 bits per heavy atom. The highest BCUT2D eigenvalue weighted by Gasteiger charge is 2.16. The summed E-state index contributed by atoms with van der Waals surface area (Å²) in [5.41, 5.74) is 1.80. The number of para-hydroxylation sites is 1. The van der Waals surface area contributed by atoms with Crippen LogP contribution in [0.4, 0.5) is 29.2 Å². The number of hydrogen-bond donors (Lipinski definition) is 3. The van der Waals surface area contributed by atoms with Gasteiger partial charge in [0, 0.05) is 37.6 Å². The van der Waals surface area contributed by atoms with Crippen molar-refractivity contribution < 1.29 is 4.74 Å². The van der Waals surface area contributed by atoms with Crippen molar-refractivity contribution in [3.63, 3.8) is 0 Å². The van der Waals surface area contributed by atoms with Crippen molar-refractivity contribution in [2.24, 2.45) is 0 Å². The molecule has 0 saturated carbocycles. The first kappa shape index (κ1) is 18.0. The van der Waals surface area contributed by atoms with Crippen LogP contribution in [0.2, 0.25) is 0 Å². The van der Waals surface area contributed by atoms with Crippen LogP contribution in [0.5, 0.6) is 5.75 Å². The zero-order valence-corrected chi connectivity index (χ0v) is 15.7. The van der Waals surface area contributed by atoms with Gasteiger partial charge in [-0.1, -0.05) is 18.2 Å². The predicted octanol–water partition coefficient (Wildman–Crippen LogP) is 2.78. The summed E-state index contributed by atoms with van der Waals surface area (Å²) in [5.74, 6) is 2.46. The molecule has 1 aliphatic heterocycles. The normalized spacial score (nSPS) is 13.8. The third-order valence-electron chi connectivity index (χ3n) is 4.40. The minimum absolute atomic E-state index is 0.493. The van der Waals surface area contributed by atoms with Gasteiger partial charge in [0.1, 0.15) is 5.75 Å². The topological polar surface area (TPSA) is 87.2 Å². The van der Waals surface area contributed by atoms with E-state index in [-0.39, 0.29) is 0 Å². The Kier molecular flexibility index (Phi) is 5.48. The molecule has 2 heterocycles. The van der Waals surface area contributed by atoms with E-state index in [2.05, 4.69) is 35.8 Å². The summed E-state index contributed by atoms with van der Waals surface area (Å²) >= 11 is 0. The Morgan fingerprint density at radius 2 is 1.43 bits per heavy atom. The fourth-order valence-electron chi connectivity index (χ4n) is 2.94. The lowest BCUT2D eigenvalue weighted by atomic mass is 10.3. The van der Waals surface area contributed by atoms with Crippen molar-refractivity contribution in [2.75, 3.05) is 48.8 Å². The molecule has 4 rings (SSSR count). The minimum atomic E-state index is 0.493. The number of benzene rings is 2. The maximum atomic E-state index is 5.21. The Labute approximate surface area is 164 Å². The molecular weight excluding hydrogens is 354 g/mol. The number of methoxy groups -OCH3 is 1. The second-order valence-corrected chi connectivity index (χ2v) is 6.36. The predicted molar refractivity (Wildman–Crippen MR) is 111 cm³/mol. The van der Waals surface area contributed by atoms with Crippen LogP contribution in [0.25, 0.3) is 0 Å². The fraction of sp³-hybridized carbons (Fsp3) is 0.250. The smallest absolute Gasteiger partial charge is 0.233 e. The van der Waals surface area contributed by atoms with E-state index >= 15 is 0 Å². The van der Waals surface area contributed by atoms with Crippen molar-refractivity contribution >= 4 is 29.2 Å². The molecule has 1 saturated heterocycles. The lowest BCUT2D eigenvalue weighted by Crippen LogP contribution is -2.44. The zero-order chi connectivity index (χ0) is 19.2. The summed E-state index contributed by atoms with van der Waals surface area (Å²) < 4.78 is 5.21. The molecule has 3 aromatic rings. The van der Waals surface area contributed by atoms with Gasteiger partial charge < -0.3 is 25.6 Å². The number of hydrogen-bond acceptors (Lipinski definition) is 8. The Bertz CT molecular complexity index is 896. The summed E-state index contributed by atoms with van der Waals surface area (Å²) in [6.07, 6.45) is 0. The van der Waals surface area contributed by atoms with Gasteiger partial charge in [0.05, 0.1) is 7.11 Å². The van der Waals surface area contributed by atoms with Crippen molar-refractivity contribution in [2.45, 2.75) is 0 Å². The first-order valence-electron chi connectivity index (χ1n) is 9.25. The van der Waals surface area contributed by atoms with Crippen LogP contribution in [-0.4, -0.2) is 48.2 Å². The summed E-state index contributed by atoms with van der Waals surface area (Å²) in [5, 5.41) is 9.87. The van der Waals surface area contributed by atoms with E-state index in [4.69, 9.17) is 4.74 Å². The first-order valence-corrected chi connectivity index (χ1v) is 9.25. The Hall–Kier alpha value is -3.39. The third-order valence-corrected chi connectivity index (χ3v) is 4.40. The second-order valence-electron chi connectivity index (χ2n) is 6.36. The van der Waals surface area contributed by atoms with E-state index < -0.39 is 0 Å². The highest BCUT2D eigenvalue weighted by atomic mass is 16.5. The highest BCUT2D eigenvalue weighted by Crippen LogP contribution is 2.22. The van der Waals surface area contributed by atoms with E-state index in [1.165, 1.54) is 0 Å². The van der Waals surface area contributed by atoms with Gasteiger partial charge in [-0.25, -0.2) is 0 Å². The SMILES string of the molecule is COc1ccc(Nc2nc(Nc3ccccc3)nc(N3CCNCC3)n2)cc1. The molecule has 0 aliphatic carbocycles. The summed E-state index contributed by atoms with van der Waals surface area (Å²) in [7, 11) is 1.65. The molecule has 0 unspecified atom stereocenters. The molecule has 0 spiro atoms. The van der Waals surface area contributed by atoms with Crippen molar-refractivity contribution in [1.82, 2.24) is 20.3 Å². The molecule has 0 atom stereocenters. The molecule has 0 amide bonds. The number of nitrogens with zero attached hydrogens (tertiary/aromatic N) is 4. The lowest BCUT2D eigenvalue weighted by molar-refractivity contribution is 0.415. The molecule has 0 radical (unpaired) electrons. The largest absolute Gasteiger partial charge is 0.497 e. The van der Waals surface area contributed by atoms with Gasteiger partial charge in [-0.05, 0) is 36.4 Å². The second kappa shape index (κ2) is 8.53. The average molecular weight is 377 g/mol. The first-order chi connectivity index (χ1) is 13.8. The summed E-state index contributed by atoms with van der Waals surface area (Å²) in [4.78, 5) is 16.0. The quantitative estimate of drug-likeness (QED) is 0.604. The van der Waals surface area contributed by atoms with Gasteiger partial charge in [-0.15, -0.1) is 0 Å². The van der Waals surface area contributed by atoms with Crippen molar-refractivity contribution in [1.29, 1.82) is 0 Å². The number of aromatic nitrogens is 3. The number of nitrogens with one attached hydrogen (secondary N) is 3. The highest BCUT2D eigenvalue weighted by molar-refractivity contribution is 5.60. The van der Waals surface area contributed by atoms with E-state index in [9.17, 15) is 0 Å². The Balaban J connectivity index is 1.62. The number of piperazine rings is 1. The van der Waals surface area contributed by atoms with Crippen LogP contribution in [0, 0.1) is 0 Å². The number of anilines is 5. The van der Waals surface area contributed by atoms with E-state index in [1.807, 2.05) is 54.6 Å². The van der Waals surface area contributed by atoms with Gasteiger partial charge in [-0.3, -0.25) is 0 Å². The molecule has 1 aliphatic rings. The standard InChI is InChI=1S/C20H23N7O/c1-28-17-9-7-16(8-10-17)23-19-24-18(22-15-5-3-2-4-6-15)25-20(26-19)27-13-11-21-12-14-27/h2-10,21H,11-14H2,1H3,(H2,22,23,24,25,26). The molecule has 8 heteroatoms. The van der Waals surface area contributed by atoms with Crippen LogP contribution in [0.1, 0.15) is 0 Å². The van der Waals surface area contributed by atoms with Crippen LogP contribution in [-0.2, 0) is 0 Å². The molecule has 8 nitrogen and oxygen atoms in total. The average Bonchev–Trinajstić information content (AvgIpc) is 2.75. The maximum absolute atomic E-state index is 5.21. The minimum Gasteiger partial charge on any atom is -0.497 e. The van der Waals surface area contributed by atoms with Crippen molar-refractivity contribution in [3.05, 3.63) is 54.6 Å². The van der Waals surface area contributed by atoms with Crippen LogP contribution in [0.3, 0.4) is 0 Å². The molecule has 144 valence electrons. The van der Waals surface area contributed by atoms with Gasteiger partial charge >= 0.3 is 0 Å². The van der Waals surface area contributed by atoms with Gasteiger partial charge in [0.25, 0.3) is 0 Å². The number of ether oxygens (including phenoxy) is 1. The van der Waals surface area contributed by atoms with Gasteiger partial charge in [0.15, 0.2) is 0 Å². The van der Waals surface area contributed by atoms with Crippen molar-refractivity contribution in [3.8, 4) is 5.75 Å². The lowest BCUT2D eigenvalue weighted by Gasteiger charge is -2.27. The van der Waals surface area contributed by atoms with E-state index in [0.717, 1.165) is 43.3 Å². The molecule has 0 bridgehead atoms. The molecule has 3 N–H and O–H groups in total. The van der Waals surface area contributed by atoms with E-state index in [1.54, 1.807) is 7.11 Å². The van der Waals surface area contributed by atoms with Crippen LogP contribution >= 0.6 is 0 Å².